The van der Waals surface area contributed by atoms with E-state index < -0.39 is 33.6 Å². The molecule has 48 heavy (non-hydrogen) atoms. The third-order valence-corrected chi connectivity index (χ3v) is 10.1. The summed E-state index contributed by atoms with van der Waals surface area (Å²) in [5.41, 5.74) is 0.0663. The number of benzene rings is 3. The molecule has 0 saturated heterocycles. The Balaban J connectivity index is 1.50. The van der Waals surface area contributed by atoms with Gasteiger partial charge >= 0.3 is 12.1 Å². The molecular weight excluding hydrogens is 692 g/mol. The number of hydrogen-bond acceptors (Lipinski definition) is 6. The maximum atomic E-state index is 13.8. The number of methoxy groups -OCH3 is 1. The number of amides is 1. The van der Waals surface area contributed by atoms with Crippen LogP contribution >= 0.6 is 23.2 Å². The number of sulfonamides is 1. The molecule has 0 fully saturated rings. The molecule has 2 heterocycles. The van der Waals surface area contributed by atoms with Crippen molar-refractivity contribution in [3.05, 3.63) is 134 Å². The van der Waals surface area contributed by atoms with Gasteiger partial charge in [-0.3, -0.25) is 9.69 Å². The molecule has 4 aromatic rings. The zero-order valence-electron chi connectivity index (χ0n) is 25.6. The number of alkyl halides is 3. The van der Waals surface area contributed by atoms with Crippen molar-refractivity contribution in [3.8, 4) is 0 Å². The largest absolute Gasteiger partial charge is 0.465 e. The number of hydrogen-bond donors (Lipinski definition) is 0. The van der Waals surface area contributed by atoms with Gasteiger partial charge in [0, 0.05) is 17.9 Å². The fourth-order valence-electron chi connectivity index (χ4n) is 5.11. The van der Waals surface area contributed by atoms with Crippen LogP contribution in [0.3, 0.4) is 0 Å². The van der Waals surface area contributed by atoms with Gasteiger partial charge in [0.15, 0.2) is 0 Å². The van der Waals surface area contributed by atoms with Crippen LogP contribution in [0, 0.1) is 6.92 Å². The molecule has 0 unspecified atom stereocenters. The maximum absolute atomic E-state index is 13.8. The Labute approximate surface area is 284 Å². The van der Waals surface area contributed by atoms with Crippen LogP contribution in [0.25, 0.3) is 6.08 Å². The van der Waals surface area contributed by atoms with Crippen molar-refractivity contribution in [2.45, 2.75) is 38.0 Å². The minimum absolute atomic E-state index is 0.0524. The van der Waals surface area contributed by atoms with E-state index in [1.165, 1.54) is 47.6 Å². The minimum atomic E-state index is -4.66. The number of carbonyl (C=O) groups excluding carboxylic acids is 2. The lowest BCUT2D eigenvalue weighted by molar-refractivity contribution is -0.137. The highest BCUT2D eigenvalue weighted by atomic mass is 35.5. The Bertz CT molecular complexity index is 2070. The van der Waals surface area contributed by atoms with E-state index in [0.717, 1.165) is 35.8 Å². The van der Waals surface area contributed by atoms with Crippen molar-refractivity contribution in [3.63, 3.8) is 0 Å². The van der Waals surface area contributed by atoms with E-state index in [0.29, 0.717) is 10.6 Å². The summed E-state index contributed by atoms with van der Waals surface area (Å²) in [6, 6.07) is 18.2. The van der Waals surface area contributed by atoms with Gasteiger partial charge in [0.05, 0.1) is 45.3 Å². The van der Waals surface area contributed by atoms with Crippen LogP contribution < -0.4 is 4.90 Å². The second-order valence-electron chi connectivity index (χ2n) is 10.8. The predicted octanol–water partition coefficient (Wildman–Crippen LogP) is 8.18. The third kappa shape index (κ3) is 7.21. The molecule has 0 N–H and O–H groups in total. The van der Waals surface area contributed by atoms with Crippen molar-refractivity contribution >= 4 is 56.9 Å². The molecule has 1 aliphatic heterocycles. The second kappa shape index (κ2) is 13.6. The topological polar surface area (TPSA) is 97.1 Å². The molecule has 0 aliphatic carbocycles. The highest BCUT2D eigenvalue weighted by Gasteiger charge is 2.39. The zero-order chi connectivity index (χ0) is 35.0. The summed E-state index contributed by atoms with van der Waals surface area (Å²) >= 11 is 12.3. The molecule has 3 aromatic carbocycles. The van der Waals surface area contributed by atoms with Gasteiger partial charge in [-0.1, -0.05) is 53.0 Å². The van der Waals surface area contributed by atoms with Crippen LogP contribution in [0.2, 0.25) is 10.0 Å². The minimum Gasteiger partial charge on any atom is -0.465 e. The zero-order valence-corrected chi connectivity index (χ0v) is 28.0. The molecule has 250 valence electrons. The van der Waals surface area contributed by atoms with Crippen LogP contribution in [0.15, 0.2) is 105 Å². The van der Waals surface area contributed by atoms with E-state index in [1.807, 2.05) is 6.92 Å². The molecule has 1 aromatic heterocycles. The fraction of sp³-hybridized carbons (Fsp3) is 0.176. The lowest BCUT2D eigenvalue weighted by atomic mass is 10.1. The van der Waals surface area contributed by atoms with Crippen molar-refractivity contribution in [2.75, 3.05) is 12.0 Å². The third-order valence-electron chi connectivity index (χ3n) is 7.52. The molecule has 0 atom stereocenters. The smallest absolute Gasteiger partial charge is 0.416 e. The summed E-state index contributed by atoms with van der Waals surface area (Å²) in [5.74, 6) is -1.40. The van der Waals surface area contributed by atoms with Gasteiger partial charge in [0.25, 0.3) is 5.91 Å². The van der Waals surface area contributed by atoms with E-state index in [2.05, 4.69) is 0 Å². The van der Waals surface area contributed by atoms with Crippen molar-refractivity contribution in [1.29, 1.82) is 0 Å². The monoisotopic (exact) mass is 718 g/mol. The molecule has 8 nitrogen and oxygen atoms in total. The van der Waals surface area contributed by atoms with Crippen LogP contribution in [-0.2, 0) is 43.6 Å². The number of allylic oxidation sites excluding steroid dienone is 1. The molecule has 5 rings (SSSR count). The number of ether oxygens (including phenoxy) is 1. The molecule has 0 radical (unpaired) electrons. The van der Waals surface area contributed by atoms with E-state index in [4.69, 9.17) is 32.4 Å². The van der Waals surface area contributed by atoms with Gasteiger partial charge in [-0.2, -0.15) is 17.5 Å². The maximum Gasteiger partial charge on any atom is 0.416 e. The fourth-order valence-corrected chi connectivity index (χ4v) is 6.83. The van der Waals surface area contributed by atoms with E-state index in [-0.39, 0.29) is 57.1 Å². The summed E-state index contributed by atoms with van der Waals surface area (Å²) in [7, 11) is -2.96. The Hall–Kier alpha value is -4.36. The first-order valence-electron chi connectivity index (χ1n) is 14.2. The van der Waals surface area contributed by atoms with E-state index in [1.54, 1.807) is 30.3 Å². The number of esters is 1. The number of rotatable bonds is 9. The van der Waals surface area contributed by atoms with Gasteiger partial charge in [0.1, 0.15) is 11.5 Å². The molecule has 14 heteroatoms. The summed E-state index contributed by atoms with van der Waals surface area (Å²) in [6.45, 7) is 2.92. The van der Waals surface area contributed by atoms with Crippen LogP contribution in [0.4, 0.5) is 18.9 Å². The Morgan fingerprint density at radius 3 is 2.31 bits per heavy atom. The van der Waals surface area contributed by atoms with Gasteiger partial charge < -0.3 is 9.15 Å². The van der Waals surface area contributed by atoms with Crippen LogP contribution in [0.1, 0.15) is 35.1 Å². The second-order valence-corrected chi connectivity index (χ2v) is 13.6. The number of aryl methyl sites for hydroxylation is 1. The van der Waals surface area contributed by atoms with Gasteiger partial charge in [-0.05, 0) is 80.1 Å². The highest BCUT2D eigenvalue weighted by Crippen LogP contribution is 2.38. The quantitative estimate of drug-likeness (QED) is 0.128. The van der Waals surface area contributed by atoms with Gasteiger partial charge in [-0.15, -0.1) is 0 Å². The Kier molecular flexibility index (Phi) is 9.93. The van der Waals surface area contributed by atoms with Crippen molar-refractivity contribution in [1.82, 2.24) is 4.31 Å². The standard InChI is InChI=1S/C34H27Cl2F3N2O6S/c1-20-7-12-27(13-8-20)48(44,45)40(18-22-9-14-29(35)30(36)15-22)19-26-11-10-25(47-26)17-28-31(33(43)46-3)21(2)41(32(28)42)24-6-4-5-23(16-24)34(37,38)39/h4-17H,18-19H2,1-3H3/b28-17+. The van der Waals surface area contributed by atoms with Crippen LogP contribution in [0.5, 0.6) is 0 Å². The van der Waals surface area contributed by atoms with Crippen molar-refractivity contribution < 1.29 is 40.3 Å². The van der Waals surface area contributed by atoms with Gasteiger partial charge in [-0.25, -0.2) is 13.2 Å². The molecule has 0 saturated carbocycles. The lowest BCUT2D eigenvalue weighted by Crippen LogP contribution is -2.30. The van der Waals surface area contributed by atoms with Crippen molar-refractivity contribution in [2.24, 2.45) is 0 Å². The average Bonchev–Trinajstić information content (AvgIpc) is 3.58. The van der Waals surface area contributed by atoms with E-state index in [9.17, 15) is 31.2 Å². The molecule has 1 aliphatic rings. The highest BCUT2D eigenvalue weighted by molar-refractivity contribution is 7.89. The number of furan rings is 1. The molecular formula is C34H27Cl2F3N2O6S. The first-order chi connectivity index (χ1) is 22.6. The SMILES string of the molecule is COC(=O)C1=C(C)N(c2cccc(C(F)(F)F)c2)C(=O)/C1=C/c1ccc(CN(Cc2ccc(Cl)c(Cl)c2)S(=O)(=O)c2ccc(C)cc2)o1. The average molecular weight is 720 g/mol. The van der Waals surface area contributed by atoms with E-state index >= 15 is 0 Å². The number of anilines is 1. The lowest BCUT2D eigenvalue weighted by Gasteiger charge is -2.22. The van der Waals surface area contributed by atoms with Crippen LogP contribution in [-0.4, -0.2) is 31.7 Å². The Morgan fingerprint density at radius 2 is 1.67 bits per heavy atom. The summed E-state index contributed by atoms with van der Waals surface area (Å²) in [4.78, 5) is 27.5. The number of nitrogens with zero attached hydrogens (tertiary/aromatic N) is 2. The summed E-state index contributed by atoms with van der Waals surface area (Å²) in [6.07, 6.45) is -3.40. The summed E-state index contributed by atoms with van der Waals surface area (Å²) in [5, 5.41) is 0.555. The first-order valence-corrected chi connectivity index (χ1v) is 16.4. The normalized spacial score (nSPS) is 14.8. The predicted molar refractivity (Wildman–Crippen MR) is 174 cm³/mol. The summed E-state index contributed by atoms with van der Waals surface area (Å²) < 4.78 is 80.0. The molecule has 0 spiro atoms. The first kappa shape index (κ1) is 35.0. The molecule has 1 amide bonds. The molecule has 0 bridgehead atoms. The number of carbonyl (C=O) groups is 2. The Morgan fingerprint density at radius 1 is 0.958 bits per heavy atom. The number of halogens is 5. The van der Waals surface area contributed by atoms with Gasteiger partial charge in [0.2, 0.25) is 10.0 Å².